The van der Waals surface area contributed by atoms with Crippen LogP contribution >= 0.6 is 0 Å². The number of carbonyl (C=O) groups excluding carboxylic acids is 5. The summed E-state index contributed by atoms with van der Waals surface area (Å²) in [6.07, 6.45) is 2.13. The molecule has 1 saturated carbocycles. The average molecular weight is 675 g/mol. The Morgan fingerprint density at radius 3 is 1.97 bits per heavy atom. The van der Waals surface area contributed by atoms with Crippen molar-refractivity contribution in [2.75, 3.05) is 0 Å². The van der Waals surface area contributed by atoms with Crippen LogP contribution in [0.25, 0.3) is 0 Å². The van der Waals surface area contributed by atoms with E-state index < -0.39 is 69.6 Å². The predicted molar refractivity (Wildman–Crippen MR) is 116 cm³/mol. The second-order valence-electron chi connectivity index (χ2n) is 8.74. The number of nitrogens with zero attached hydrogens (tertiary/aromatic N) is 1. The van der Waals surface area contributed by atoms with Gasteiger partial charge in [0.1, 0.15) is 0 Å². The number of pyridine rings is 1. The van der Waals surface area contributed by atoms with Gasteiger partial charge in [0, 0.05) is 0 Å². The van der Waals surface area contributed by atoms with Crippen LogP contribution in [-0.4, -0.2) is 57.8 Å². The van der Waals surface area contributed by atoms with Crippen molar-refractivity contribution < 1.29 is 39.5 Å². The van der Waals surface area contributed by atoms with Gasteiger partial charge in [0.25, 0.3) is 0 Å². The zero-order valence-electron chi connectivity index (χ0n) is 20.0. The van der Waals surface area contributed by atoms with Gasteiger partial charge >= 0.3 is 205 Å². The Kier molecular flexibility index (Phi) is 8.77. The van der Waals surface area contributed by atoms with E-state index in [1.807, 2.05) is 0 Å². The van der Waals surface area contributed by atoms with Gasteiger partial charge in [0.05, 0.1) is 0 Å². The third kappa shape index (κ3) is 6.30. The van der Waals surface area contributed by atoms with Gasteiger partial charge in [-0.2, -0.15) is 0 Å². The molecule has 186 valence electrons. The summed E-state index contributed by atoms with van der Waals surface area (Å²) in [5.41, 5.74) is -1.65. The molecule has 1 aliphatic rings. The molecule has 1 aliphatic carbocycles. The summed E-state index contributed by atoms with van der Waals surface area (Å²) in [4.78, 5) is 65.3. The fourth-order valence-corrected chi connectivity index (χ4v) is 10.7. The molecule has 34 heavy (non-hydrogen) atoms. The molecule has 11 nitrogen and oxygen atoms in total. The quantitative estimate of drug-likeness (QED) is 0.296. The van der Waals surface area contributed by atoms with Crippen LogP contribution in [0, 0.1) is 16.7 Å². The van der Waals surface area contributed by atoms with Crippen molar-refractivity contribution in [2.45, 2.75) is 61.0 Å². The summed E-state index contributed by atoms with van der Waals surface area (Å²) < 4.78 is 25.9. The molecular weight excluding hydrogens is 645 g/mol. The van der Waals surface area contributed by atoms with E-state index in [0.717, 1.165) is 20.8 Å². The van der Waals surface area contributed by atoms with E-state index in [4.69, 9.17) is 15.5 Å². The van der Waals surface area contributed by atoms with Crippen LogP contribution in [0.3, 0.4) is 0 Å². The Morgan fingerprint density at radius 1 is 0.941 bits per heavy atom. The van der Waals surface area contributed by atoms with Gasteiger partial charge in [-0.05, 0) is 0 Å². The van der Waals surface area contributed by atoms with Crippen molar-refractivity contribution in [1.82, 2.24) is 4.98 Å². The molecule has 0 N–H and O–H groups in total. The molecule has 1 aromatic heterocycles. The molecule has 1 heterocycles. The Bertz CT molecular complexity index is 923. The molecular formula is C22H29NO10Pb. The molecule has 0 spiro atoms. The number of aromatic nitrogens is 1. The molecule has 2 atom stereocenters. The first-order valence-electron chi connectivity index (χ1n) is 10.6. The topological polar surface area (TPSA) is 144 Å². The van der Waals surface area contributed by atoms with E-state index in [1.54, 1.807) is 45.2 Å². The van der Waals surface area contributed by atoms with Gasteiger partial charge in [-0.25, -0.2) is 0 Å². The van der Waals surface area contributed by atoms with Crippen LogP contribution in [0.2, 0.25) is 0 Å². The summed E-state index contributed by atoms with van der Waals surface area (Å²) in [6.45, 7) is 8.03. The first-order valence-corrected chi connectivity index (χ1v) is 17.0. The number of esters is 1. The molecule has 0 unspecified atom stereocenters. The number of hydrogen-bond donors (Lipinski definition) is 0. The first kappa shape index (κ1) is 27.7. The van der Waals surface area contributed by atoms with Crippen LogP contribution in [0.5, 0.6) is 0 Å². The molecule has 2 rings (SSSR count). The molecule has 0 bridgehead atoms. The zero-order valence-corrected chi connectivity index (χ0v) is 23.9. The van der Waals surface area contributed by atoms with Gasteiger partial charge in [0.15, 0.2) is 0 Å². The maximum absolute atomic E-state index is 13.4. The van der Waals surface area contributed by atoms with Crippen LogP contribution in [0.1, 0.15) is 60.1 Å². The van der Waals surface area contributed by atoms with Crippen molar-refractivity contribution >= 4 is 52.8 Å². The molecule has 12 heteroatoms. The van der Waals surface area contributed by atoms with Crippen molar-refractivity contribution in [3.8, 4) is 0 Å². The summed E-state index contributed by atoms with van der Waals surface area (Å²) in [7, 11) is 0. The molecule has 0 amide bonds. The minimum atomic E-state index is -5.95. The van der Waals surface area contributed by atoms with Gasteiger partial charge in [-0.3, -0.25) is 0 Å². The van der Waals surface area contributed by atoms with E-state index in [2.05, 4.69) is 4.98 Å². The maximum atomic E-state index is 13.4. The third-order valence-electron chi connectivity index (χ3n) is 6.07. The van der Waals surface area contributed by atoms with Gasteiger partial charge in [-0.1, -0.05) is 0 Å². The zero-order chi connectivity index (χ0) is 25.7. The number of rotatable bonds is 8. The second kappa shape index (κ2) is 10.8. The van der Waals surface area contributed by atoms with E-state index in [1.165, 1.54) is 0 Å². The summed E-state index contributed by atoms with van der Waals surface area (Å²) in [5.74, 6) is -4.88. The van der Waals surface area contributed by atoms with E-state index in [0.29, 0.717) is 12.1 Å². The standard InChI is InChI=1S/C16H21NO4.3C2H4O2.Pb/c1-15(2)12(7-8-16(15,3)14(19)20)13(18)21-10-11-6-4-5-9-17-11;3*1-2(3)4;/h4-6,9,12H,7-8,10H2,1-3H3,(H,19,20);3*1H3,(H,3,4);/q;;;;+4/p-4/t12-,16+;;;;/m1..../s1. The van der Waals surface area contributed by atoms with Gasteiger partial charge < -0.3 is 0 Å². The predicted octanol–water partition coefficient (Wildman–Crippen LogP) is 2.24. The summed E-state index contributed by atoms with van der Waals surface area (Å²) in [5, 5.41) is 0. The minimum absolute atomic E-state index is 0.0149. The average Bonchev–Trinajstić information content (AvgIpc) is 2.95. The van der Waals surface area contributed by atoms with Crippen molar-refractivity contribution in [3.05, 3.63) is 30.1 Å². The molecule has 0 saturated heterocycles. The van der Waals surface area contributed by atoms with Crippen molar-refractivity contribution in [3.63, 3.8) is 0 Å². The number of carbonyl (C=O) groups is 5. The SMILES string of the molecule is CC(=O)[O][Pb]([O]C(C)=O)([O]C(C)=O)[O]C(=O)[C@]1(C)CC[C@H](C(=O)OCc2ccccn2)C1(C)C. The van der Waals surface area contributed by atoms with Crippen LogP contribution in [-0.2, 0) is 46.1 Å². The Hall–Kier alpha value is -2.58. The summed E-state index contributed by atoms with van der Waals surface area (Å²) >= 11 is -5.95. The number of ether oxygens (including phenoxy) is 1. The monoisotopic (exact) mass is 675 g/mol. The normalized spacial score (nSPS) is 21.2. The first-order chi connectivity index (χ1) is 15.7. The van der Waals surface area contributed by atoms with Crippen molar-refractivity contribution in [2.24, 2.45) is 16.7 Å². The van der Waals surface area contributed by atoms with Gasteiger partial charge in [-0.15, -0.1) is 0 Å². The van der Waals surface area contributed by atoms with E-state index in [9.17, 15) is 24.0 Å². The summed E-state index contributed by atoms with van der Waals surface area (Å²) in [6, 6.07) is 5.24. The Morgan fingerprint density at radius 2 is 1.50 bits per heavy atom. The molecule has 1 aromatic rings. The molecule has 1 fully saturated rings. The van der Waals surface area contributed by atoms with Crippen LogP contribution < -0.4 is 0 Å². The number of hydrogen-bond acceptors (Lipinski definition) is 11. The van der Waals surface area contributed by atoms with Crippen LogP contribution in [0.15, 0.2) is 24.4 Å². The van der Waals surface area contributed by atoms with E-state index >= 15 is 0 Å². The third-order valence-corrected chi connectivity index (χ3v) is 14.0. The fraction of sp³-hybridized carbons (Fsp3) is 0.545. The second-order valence-corrected chi connectivity index (χ2v) is 15.8. The Labute approximate surface area is 204 Å². The van der Waals surface area contributed by atoms with Crippen LogP contribution in [0.4, 0.5) is 0 Å². The van der Waals surface area contributed by atoms with E-state index in [-0.39, 0.29) is 13.0 Å². The molecule has 0 aliphatic heterocycles. The Balaban J connectivity index is 2.25. The molecule has 0 radical (unpaired) electrons. The van der Waals surface area contributed by atoms with Crippen molar-refractivity contribution in [1.29, 1.82) is 0 Å². The fourth-order valence-electron chi connectivity index (χ4n) is 3.89. The van der Waals surface area contributed by atoms with Gasteiger partial charge in [0.2, 0.25) is 0 Å². The molecule has 0 aromatic carbocycles.